The molecular formula is C18H23N3O2S. The standard InChI is InChI=1S/C18H23N3O2S/c1-20-11-13-21(14-12-20)18-10-6-5-9-17(18)19-24(22,23)15-16-7-3-2-4-8-16/h2-10,19H,11-15H2,1H3. The zero-order chi connectivity index (χ0) is 17.0. The topological polar surface area (TPSA) is 52.6 Å². The number of rotatable bonds is 5. The number of nitrogens with one attached hydrogen (secondary N) is 1. The van der Waals surface area contributed by atoms with E-state index in [1.165, 1.54) is 0 Å². The molecule has 0 aromatic heterocycles. The van der Waals surface area contributed by atoms with Crippen molar-refractivity contribution in [3.8, 4) is 0 Å². The molecule has 1 heterocycles. The van der Waals surface area contributed by atoms with Crippen molar-refractivity contribution < 1.29 is 8.42 Å². The molecule has 24 heavy (non-hydrogen) atoms. The predicted octanol–water partition coefficient (Wildman–Crippen LogP) is 2.38. The van der Waals surface area contributed by atoms with Gasteiger partial charge in [0.15, 0.2) is 0 Å². The molecule has 2 aromatic carbocycles. The van der Waals surface area contributed by atoms with Crippen molar-refractivity contribution in [2.24, 2.45) is 0 Å². The first-order chi connectivity index (χ1) is 11.5. The van der Waals surface area contributed by atoms with Crippen molar-refractivity contribution in [1.82, 2.24) is 4.90 Å². The lowest BCUT2D eigenvalue weighted by Gasteiger charge is -2.35. The number of likely N-dealkylation sites (N-methyl/N-ethyl adjacent to an activating group) is 1. The molecule has 0 radical (unpaired) electrons. The summed E-state index contributed by atoms with van der Waals surface area (Å²) in [5.74, 6) is -0.0229. The van der Waals surface area contributed by atoms with Crippen LogP contribution in [0.15, 0.2) is 54.6 Å². The molecule has 1 aliphatic heterocycles. The van der Waals surface area contributed by atoms with Crippen LogP contribution in [-0.2, 0) is 15.8 Å². The van der Waals surface area contributed by atoms with Gasteiger partial charge in [0.2, 0.25) is 10.0 Å². The smallest absolute Gasteiger partial charge is 0.236 e. The van der Waals surface area contributed by atoms with E-state index in [2.05, 4.69) is 21.6 Å². The van der Waals surface area contributed by atoms with Crippen LogP contribution in [0.3, 0.4) is 0 Å². The van der Waals surface area contributed by atoms with Crippen LogP contribution >= 0.6 is 0 Å². The van der Waals surface area contributed by atoms with E-state index in [0.29, 0.717) is 5.69 Å². The minimum Gasteiger partial charge on any atom is -0.367 e. The Balaban J connectivity index is 1.77. The highest BCUT2D eigenvalue weighted by Gasteiger charge is 2.19. The van der Waals surface area contributed by atoms with E-state index < -0.39 is 10.0 Å². The van der Waals surface area contributed by atoms with Crippen molar-refractivity contribution >= 4 is 21.4 Å². The third-order valence-electron chi connectivity index (χ3n) is 4.21. The number of para-hydroxylation sites is 2. The van der Waals surface area contributed by atoms with Crippen LogP contribution in [0.5, 0.6) is 0 Å². The van der Waals surface area contributed by atoms with Gasteiger partial charge >= 0.3 is 0 Å². The van der Waals surface area contributed by atoms with E-state index in [-0.39, 0.29) is 5.75 Å². The van der Waals surface area contributed by atoms with Crippen molar-refractivity contribution in [2.75, 3.05) is 42.8 Å². The summed E-state index contributed by atoms with van der Waals surface area (Å²) < 4.78 is 27.8. The first-order valence-electron chi connectivity index (χ1n) is 8.10. The fraction of sp³-hybridized carbons (Fsp3) is 0.333. The third kappa shape index (κ3) is 4.27. The fourth-order valence-electron chi connectivity index (χ4n) is 2.88. The molecule has 1 saturated heterocycles. The molecule has 0 aliphatic carbocycles. The van der Waals surface area contributed by atoms with Crippen LogP contribution < -0.4 is 9.62 Å². The number of hydrogen-bond acceptors (Lipinski definition) is 4. The van der Waals surface area contributed by atoms with Gasteiger partial charge in [-0.15, -0.1) is 0 Å². The fourth-order valence-corrected chi connectivity index (χ4v) is 4.09. The highest BCUT2D eigenvalue weighted by atomic mass is 32.2. The van der Waals surface area contributed by atoms with Crippen LogP contribution in [0.2, 0.25) is 0 Å². The number of sulfonamides is 1. The number of piperazine rings is 1. The zero-order valence-electron chi connectivity index (χ0n) is 13.9. The van der Waals surface area contributed by atoms with Gasteiger partial charge in [0.1, 0.15) is 0 Å². The quantitative estimate of drug-likeness (QED) is 0.904. The van der Waals surface area contributed by atoms with Crippen molar-refractivity contribution in [3.05, 3.63) is 60.2 Å². The molecular weight excluding hydrogens is 322 g/mol. The summed E-state index contributed by atoms with van der Waals surface area (Å²) in [5, 5.41) is 0. The molecule has 1 aliphatic rings. The van der Waals surface area contributed by atoms with Crippen molar-refractivity contribution in [1.29, 1.82) is 0 Å². The lowest BCUT2D eigenvalue weighted by atomic mass is 10.2. The average Bonchev–Trinajstić information content (AvgIpc) is 2.56. The summed E-state index contributed by atoms with van der Waals surface area (Å²) >= 11 is 0. The number of nitrogens with zero attached hydrogens (tertiary/aromatic N) is 2. The number of hydrogen-bond donors (Lipinski definition) is 1. The molecule has 5 nitrogen and oxygen atoms in total. The first-order valence-corrected chi connectivity index (χ1v) is 9.76. The Kier molecular flexibility index (Phi) is 5.06. The highest BCUT2D eigenvalue weighted by Crippen LogP contribution is 2.27. The van der Waals surface area contributed by atoms with E-state index in [1.54, 1.807) is 0 Å². The molecule has 2 aromatic rings. The Hall–Kier alpha value is -2.05. The van der Waals surface area contributed by atoms with Crippen molar-refractivity contribution in [3.63, 3.8) is 0 Å². The summed E-state index contributed by atoms with van der Waals surface area (Å²) in [6, 6.07) is 16.8. The lowest BCUT2D eigenvalue weighted by molar-refractivity contribution is 0.313. The van der Waals surface area contributed by atoms with Crippen molar-refractivity contribution in [2.45, 2.75) is 5.75 Å². The molecule has 128 valence electrons. The number of anilines is 2. The van der Waals surface area contributed by atoms with Crippen LogP contribution in [-0.4, -0.2) is 46.5 Å². The van der Waals surface area contributed by atoms with Gasteiger partial charge in [0, 0.05) is 26.2 Å². The second kappa shape index (κ2) is 7.23. The van der Waals surface area contributed by atoms with Crippen LogP contribution in [0.1, 0.15) is 5.56 Å². The van der Waals surface area contributed by atoms with E-state index in [4.69, 9.17) is 0 Å². The monoisotopic (exact) mass is 345 g/mol. The SMILES string of the molecule is CN1CCN(c2ccccc2NS(=O)(=O)Cc2ccccc2)CC1. The van der Waals surface area contributed by atoms with Gasteiger partial charge in [-0.25, -0.2) is 8.42 Å². The molecule has 0 spiro atoms. The molecule has 3 rings (SSSR count). The Morgan fingerprint density at radius 1 is 0.917 bits per heavy atom. The van der Waals surface area contributed by atoms with Crippen LogP contribution in [0, 0.1) is 0 Å². The molecule has 0 unspecified atom stereocenters. The summed E-state index contributed by atoms with van der Waals surface area (Å²) in [6.07, 6.45) is 0. The molecule has 0 saturated carbocycles. The minimum atomic E-state index is -3.45. The minimum absolute atomic E-state index is 0.0229. The largest absolute Gasteiger partial charge is 0.367 e. The van der Waals surface area contributed by atoms with Gasteiger partial charge in [0.05, 0.1) is 17.1 Å². The second-order valence-corrected chi connectivity index (χ2v) is 7.88. The molecule has 6 heteroatoms. The highest BCUT2D eigenvalue weighted by molar-refractivity contribution is 7.91. The normalized spacial score (nSPS) is 16.1. The van der Waals surface area contributed by atoms with Gasteiger partial charge in [-0.3, -0.25) is 4.72 Å². The molecule has 0 bridgehead atoms. The second-order valence-electron chi connectivity index (χ2n) is 6.15. The maximum Gasteiger partial charge on any atom is 0.236 e. The zero-order valence-corrected chi connectivity index (χ0v) is 14.7. The van der Waals surface area contributed by atoms with E-state index in [0.717, 1.165) is 37.4 Å². The Bertz CT molecular complexity index is 770. The lowest BCUT2D eigenvalue weighted by Crippen LogP contribution is -2.44. The van der Waals surface area contributed by atoms with Gasteiger partial charge in [-0.1, -0.05) is 42.5 Å². The van der Waals surface area contributed by atoms with Gasteiger partial charge in [0.25, 0.3) is 0 Å². The Morgan fingerprint density at radius 2 is 1.54 bits per heavy atom. The van der Waals surface area contributed by atoms with Gasteiger partial charge in [-0.2, -0.15) is 0 Å². The average molecular weight is 345 g/mol. The first kappa shape index (κ1) is 16.8. The predicted molar refractivity (Wildman–Crippen MR) is 98.8 cm³/mol. The molecule has 0 atom stereocenters. The van der Waals surface area contributed by atoms with Gasteiger partial charge in [-0.05, 0) is 24.7 Å². The summed E-state index contributed by atoms with van der Waals surface area (Å²) in [6.45, 7) is 3.75. The molecule has 1 N–H and O–H groups in total. The van der Waals surface area contributed by atoms with E-state index in [1.807, 2.05) is 54.6 Å². The molecule has 0 amide bonds. The van der Waals surface area contributed by atoms with Gasteiger partial charge < -0.3 is 9.80 Å². The molecule has 1 fully saturated rings. The summed E-state index contributed by atoms with van der Waals surface area (Å²) in [5.41, 5.74) is 2.38. The third-order valence-corrected chi connectivity index (χ3v) is 5.46. The Labute approximate surface area is 144 Å². The van der Waals surface area contributed by atoms with Crippen LogP contribution in [0.25, 0.3) is 0 Å². The summed E-state index contributed by atoms with van der Waals surface area (Å²) in [7, 11) is -1.34. The van der Waals surface area contributed by atoms with E-state index >= 15 is 0 Å². The summed E-state index contributed by atoms with van der Waals surface area (Å²) in [4.78, 5) is 4.51. The van der Waals surface area contributed by atoms with E-state index in [9.17, 15) is 8.42 Å². The maximum atomic E-state index is 12.5. The maximum absolute atomic E-state index is 12.5. The Morgan fingerprint density at radius 3 is 2.25 bits per heavy atom. The van der Waals surface area contributed by atoms with Crippen LogP contribution in [0.4, 0.5) is 11.4 Å². The number of benzene rings is 2.